The molecule has 8 heteroatoms. The Balaban J connectivity index is 2.26. The fraction of sp³-hybridized carbons (Fsp3) is 1.00. The summed E-state index contributed by atoms with van der Waals surface area (Å²) < 4.78 is 2.29. The highest BCUT2D eigenvalue weighted by Gasteiger charge is 2.30. The minimum atomic E-state index is -0.203. The van der Waals surface area contributed by atoms with Crippen LogP contribution in [0.5, 0.6) is 0 Å². The highest BCUT2D eigenvalue weighted by Crippen LogP contribution is 2.48. The molecule has 0 aromatic heterocycles. The van der Waals surface area contributed by atoms with Crippen molar-refractivity contribution in [1.82, 2.24) is 9.76 Å². The Morgan fingerprint density at radius 1 is 1.54 bits per heavy atom. The van der Waals surface area contributed by atoms with Crippen molar-refractivity contribution < 1.29 is 5.11 Å². The number of aliphatic hydroxyl groups excluding tert-OH is 1. The monoisotopic (exact) mass is 276 g/mol. The molecule has 1 aliphatic heterocycles. The minimum absolute atomic E-state index is 0.148. The van der Waals surface area contributed by atoms with Crippen LogP contribution in [0, 0.1) is 5.92 Å². The maximum absolute atomic E-state index is 9.71. The van der Waals surface area contributed by atoms with Crippen LogP contribution in [0.25, 0.3) is 0 Å². The molecule has 0 amide bonds. The van der Waals surface area contributed by atoms with Gasteiger partial charge in [0.15, 0.2) is 0 Å². The zero-order valence-electron chi connectivity index (χ0n) is 7.35. The van der Waals surface area contributed by atoms with Crippen molar-refractivity contribution in [2.45, 2.75) is 6.10 Å². The summed E-state index contributed by atoms with van der Waals surface area (Å²) in [4.78, 5) is 0. The van der Waals surface area contributed by atoms with Crippen LogP contribution >= 0.6 is 42.7 Å². The van der Waals surface area contributed by atoms with Crippen molar-refractivity contribution >= 4 is 42.7 Å². The number of hydrogen-bond donors (Lipinski definition) is 2. The second-order valence-corrected chi connectivity index (χ2v) is 11.1. The first-order valence-corrected chi connectivity index (χ1v) is 11.4. The number of hydrogen-bond acceptors (Lipinski definition) is 3. The lowest BCUT2D eigenvalue weighted by atomic mass is 10.1. The number of aliphatic hydroxyl groups is 1. The van der Waals surface area contributed by atoms with Gasteiger partial charge in [-0.05, 0) is 15.9 Å². The summed E-state index contributed by atoms with van der Waals surface area (Å²) in [7, 11) is 8.74. The Labute approximate surface area is 89.5 Å². The van der Waals surface area contributed by atoms with E-state index in [1.165, 1.54) is 0 Å². The third-order valence-corrected chi connectivity index (χ3v) is 5.59. The Morgan fingerprint density at radius 3 is 2.69 bits per heavy atom. The molecule has 0 bridgehead atoms. The van der Waals surface area contributed by atoms with Crippen molar-refractivity contribution in [2.24, 2.45) is 5.92 Å². The zero-order valence-corrected chi connectivity index (χ0v) is 12.7. The van der Waals surface area contributed by atoms with Gasteiger partial charge in [-0.2, -0.15) is 0 Å². The topological polar surface area (TPSA) is 35.5 Å². The predicted molar refractivity (Wildman–Crippen MR) is 73.4 cm³/mol. The first kappa shape index (κ1) is 13.1. The van der Waals surface area contributed by atoms with E-state index in [1.54, 1.807) is 0 Å². The van der Waals surface area contributed by atoms with Crippen molar-refractivity contribution in [2.75, 3.05) is 19.6 Å². The Morgan fingerprint density at radius 2 is 2.23 bits per heavy atom. The van der Waals surface area contributed by atoms with E-state index in [4.69, 9.17) is 0 Å². The zero-order chi connectivity index (χ0) is 9.84. The molecule has 0 radical (unpaired) electrons. The molecule has 1 rings (SSSR count). The summed E-state index contributed by atoms with van der Waals surface area (Å²) in [6.07, 6.45) is -0.148. The van der Waals surface area contributed by atoms with E-state index in [1.807, 2.05) is 0 Å². The summed E-state index contributed by atoms with van der Waals surface area (Å²) in [5, 5.41) is 13.1. The summed E-state index contributed by atoms with van der Waals surface area (Å²) in [6, 6.07) is 0. The van der Waals surface area contributed by atoms with Gasteiger partial charge in [0, 0.05) is 25.6 Å². The van der Waals surface area contributed by atoms with E-state index < -0.39 is 0 Å². The molecule has 1 heterocycles. The van der Waals surface area contributed by atoms with Crippen molar-refractivity contribution in [1.29, 1.82) is 0 Å². The fourth-order valence-corrected chi connectivity index (χ4v) is 3.73. The third-order valence-electron chi connectivity index (χ3n) is 2.13. The molecular formula is C5H17N2OP5. The second-order valence-electron chi connectivity index (χ2n) is 3.13. The van der Waals surface area contributed by atoms with Crippen molar-refractivity contribution in [3.8, 4) is 0 Å². The second kappa shape index (κ2) is 6.58. The van der Waals surface area contributed by atoms with E-state index in [9.17, 15) is 5.11 Å². The van der Waals surface area contributed by atoms with Gasteiger partial charge in [-0.3, -0.25) is 9.76 Å². The number of nitrogens with zero attached hydrogens (tertiary/aromatic N) is 1. The molecule has 0 saturated carbocycles. The van der Waals surface area contributed by atoms with Crippen molar-refractivity contribution in [3.63, 3.8) is 0 Å². The number of β-amino-alcohol motifs (C(OH)–C–C–N with tert-alkyl or cyclic N) is 1. The lowest BCUT2D eigenvalue weighted by molar-refractivity contribution is 0.148. The van der Waals surface area contributed by atoms with Crippen LogP contribution in [0.2, 0.25) is 0 Å². The van der Waals surface area contributed by atoms with E-state index in [2.05, 4.69) is 36.5 Å². The first-order chi connectivity index (χ1) is 6.13. The normalized spacial score (nSPS) is 31.2. The smallest absolute Gasteiger partial charge is 0.0723 e. The van der Waals surface area contributed by atoms with Crippen LogP contribution < -0.4 is 5.09 Å². The lowest BCUT2D eigenvalue weighted by Crippen LogP contribution is -2.26. The van der Waals surface area contributed by atoms with Gasteiger partial charge in [0.05, 0.1) is 6.10 Å². The predicted octanol–water partition coefficient (Wildman–Crippen LogP) is 1.23. The van der Waals surface area contributed by atoms with Crippen LogP contribution in [0.3, 0.4) is 0 Å². The van der Waals surface area contributed by atoms with Gasteiger partial charge in [0.2, 0.25) is 0 Å². The standard InChI is InChI=1S/C5H17N2OP5/c8-5-3-7(12-9)2-4(5)1-6-13(10)11/h4-6,8,12H,1-3,9-11H2/t4-,5-/m1/s1. The first-order valence-electron chi connectivity index (χ1n) is 4.05. The number of nitrogens with one attached hydrogen (secondary N) is 1. The fourth-order valence-electron chi connectivity index (χ4n) is 1.38. The van der Waals surface area contributed by atoms with E-state index in [0.717, 1.165) is 28.1 Å². The van der Waals surface area contributed by atoms with Crippen LogP contribution in [-0.2, 0) is 0 Å². The number of rotatable bonds is 4. The van der Waals surface area contributed by atoms with Gasteiger partial charge in [-0.15, -0.1) is 0 Å². The molecule has 1 saturated heterocycles. The van der Waals surface area contributed by atoms with Crippen molar-refractivity contribution in [3.05, 3.63) is 0 Å². The molecule has 2 N–H and O–H groups in total. The molecule has 13 heavy (non-hydrogen) atoms. The third kappa shape index (κ3) is 4.59. The summed E-state index contributed by atoms with van der Waals surface area (Å²) >= 11 is 0. The molecular weight excluding hydrogens is 259 g/mol. The van der Waals surface area contributed by atoms with Gasteiger partial charge in [0.25, 0.3) is 0 Å². The highest BCUT2D eigenvalue weighted by atomic mass is 32.4. The SMILES string of the molecule is O[C@@H]1CN(PP)C[C@H]1CNP(P)P. The summed E-state index contributed by atoms with van der Waals surface area (Å²) in [5.74, 6) is 0.402. The van der Waals surface area contributed by atoms with Gasteiger partial charge in [-0.25, -0.2) is 0 Å². The van der Waals surface area contributed by atoms with Gasteiger partial charge in [0.1, 0.15) is 0 Å². The largest absolute Gasteiger partial charge is 0.391 e. The molecule has 0 aromatic carbocycles. The molecule has 0 aromatic rings. The van der Waals surface area contributed by atoms with Crippen LogP contribution in [0.1, 0.15) is 0 Å². The molecule has 0 aliphatic carbocycles. The summed E-state index contributed by atoms with van der Waals surface area (Å²) in [5.41, 5.74) is 0. The average Bonchev–Trinajstić information content (AvgIpc) is 2.43. The van der Waals surface area contributed by atoms with Crippen LogP contribution in [0.4, 0.5) is 0 Å². The van der Waals surface area contributed by atoms with E-state index in [0.29, 0.717) is 5.92 Å². The van der Waals surface area contributed by atoms with Gasteiger partial charge >= 0.3 is 0 Å². The Bertz CT molecular complexity index is 160. The Hall–Kier alpha value is 2.03. The van der Waals surface area contributed by atoms with Gasteiger partial charge < -0.3 is 5.11 Å². The molecule has 3 nitrogen and oxygen atoms in total. The molecule has 0 spiro atoms. The molecule has 6 atom stereocenters. The van der Waals surface area contributed by atoms with Crippen LogP contribution in [-0.4, -0.2) is 35.5 Å². The molecule has 1 fully saturated rings. The quantitative estimate of drug-likeness (QED) is 0.758. The molecule has 4 unspecified atom stereocenters. The molecule has 1 aliphatic rings. The minimum Gasteiger partial charge on any atom is -0.391 e. The Kier molecular flexibility index (Phi) is 6.63. The maximum Gasteiger partial charge on any atom is 0.0723 e. The van der Waals surface area contributed by atoms with Gasteiger partial charge in [-0.1, -0.05) is 26.8 Å². The highest BCUT2D eigenvalue weighted by molar-refractivity contribution is 8.42. The van der Waals surface area contributed by atoms with E-state index >= 15 is 0 Å². The average molecular weight is 276 g/mol. The molecule has 78 valence electrons. The lowest BCUT2D eigenvalue weighted by Gasteiger charge is -2.16. The van der Waals surface area contributed by atoms with E-state index in [-0.39, 0.29) is 13.6 Å². The van der Waals surface area contributed by atoms with Crippen LogP contribution in [0.15, 0.2) is 0 Å². The maximum atomic E-state index is 9.71. The summed E-state index contributed by atoms with van der Waals surface area (Å²) in [6.45, 7) is 2.78.